The van der Waals surface area contributed by atoms with Crippen LogP contribution in [-0.2, 0) is 30.0 Å². The van der Waals surface area contributed by atoms with E-state index in [9.17, 15) is 19.2 Å². The number of allylic oxidation sites excluding steroid dienone is 2. The number of ether oxygens (including phenoxy) is 4. The van der Waals surface area contributed by atoms with Gasteiger partial charge in [-0.3, -0.25) is 19.2 Å². The van der Waals surface area contributed by atoms with Crippen LogP contribution in [0.25, 0.3) is 20.6 Å². The first-order valence-electron chi connectivity index (χ1n) is 26.3. The first-order chi connectivity index (χ1) is 40.0. The second-order valence-electron chi connectivity index (χ2n) is 19.8. The fourth-order valence-corrected chi connectivity index (χ4v) is 8.22. The van der Waals surface area contributed by atoms with E-state index in [1.165, 1.54) is 43.0 Å². The molecule has 5 aromatic rings. The topological polar surface area (TPSA) is 186 Å². The number of hydrazone groups is 1. The number of hydrogen-bond acceptors (Lipinski definition) is 12. The highest BCUT2D eigenvalue weighted by molar-refractivity contribution is 6.43. The van der Waals surface area contributed by atoms with Gasteiger partial charge in [-0.05, 0) is 132 Å². The number of carbonyl (C=O) groups is 4. The molecule has 5 aromatic carbocycles. The van der Waals surface area contributed by atoms with Gasteiger partial charge in [0.25, 0.3) is 23.4 Å². The molecular weight excluding hydrogens is 1130 g/mol. The minimum atomic E-state index is -1.36. The summed E-state index contributed by atoms with van der Waals surface area (Å²) in [5, 5.41) is 19.6. The predicted molar refractivity (Wildman–Crippen MR) is 332 cm³/mol. The molecule has 0 bridgehead atoms. The first-order valence-corrected chi connectivity index (χ1v) is 27.4. The van der Waals surface area contributed by atoms with Gasteiger partial charge < -0.3 is 34.5 Å². The molecule has 1 aliphatic rings. The van der Waals surface area contributed by atoms with Crippen molar-refractivity contribution >= 4 is 87.5 Å². The van der Waals surface area contributed by atoms with E-state index in [1.54, 1.807) is 86.1 Å². The number of nitrogens with one attached hydrogen (secondary N) is 2. The fourth-order valence-electron chi connectivity index (χ4n) is 7.24. The van der Waals surface area contributed by atoms with E-state index in [0.717, 1.165) is 41.1 Å². The fraction of sp³-hybridized carbons (Fsp3) is 0.302. The summed E-state index contributed by atoms with van der Waals surface area (Å²) in [7, 11) is 6.87. The SMILES string of the molecule is CCC(C)(C)c1ccc(OCC(=O)Nc2cccc(C(=O)NC3=NN(c4c(Cl)cc(Cl)cc4Cl)C(=O)C3N=Nc3ccc(OC)cc3)c2)c(C(C)(C)CC)c1.[C-]#[N+]/C(=C\c1ccc(OC)cc1)C(=O)OCCC.[C-]#[N+]C(=C/C=C\N(C)C)[N+]#[C-]. The standard InChI is InChI=1S/C41H43Cl3N6O5.C14H15NO3.C8H9N3/c1-8-40(3,4)25-13-18-33(30(20-25)41(5,6)9-2)55-23-34(51)45-28-12-10-11-24(19-28)38(52)46-37-35(48-47-27-14-16-29(54-7)17-15-27)39(53)50(49-37)36-31(43)21-26(42)22-32(36)44;1-4-9-18-14(16)13(15-2)10-11-5-7-12(17-3)8-6-11;1-9-8(10-2)6-5-7-11(3)4/h10-22,35H,8-9,23H2,1-7H3,(H,45,51)(H,46,49,52);5-8,10H,4,9H2,1,3H3;5-7H,3-4H3/b;13-10-;7-5-. The smallest absolute Gasteiger partial charge is 0.497 e. The van der Waals surface area contributed by atoms with Crippen molar-refractivity contribution in [1.29, 1.82) is 0 Å². The Kier molecular flexibility index (Phi) is 26.2. The molecule has 18 nitrogen and oxygen atoms in total. The van der Waals surface area contributed by atoms with Gasteiger partial charge in [0.15, 0.2) is 12.4 Å². The molecule has 2 N–H and O–H groups in total. The first kappa shape index (κ1) is 67.5. The molecule has 1 aliphatic heterocycles. The van der Waals surface area contributed by atoms with Crippen LogP contribution in [0.4, 0.5) is 17.1 Å². The molecule has 1 atom stereocenters. The van der Waals surface area contributed by atoms with Crippen LogP contribution in [0.3, 0.4) is 0 Å². The van der Waals surface area contributed by atoms with Crippen LogP contribution in [-0.4, -0.2) is 82.0 Å². The Balaban J connectivity index is 0.000000425. The lowest BCUT2D eigenvalue weighted by atomic mass is 9.76. The number of nitrogens with zero attached hydrogens (tertiary/aromatic N) is 8. The van der Waals surface area contributed by atoms with Crippen LogP contribution in [0.2, 0.25) is 15.1 Å². The third-order valence-electron chi connectivity index (χ3n) is 12.8. The number of methoxy groups -OCH3 is 2. The zero-order chi connectivity index (χ0) is 62.1. The molecule has 438 valence electrons. The van der Waals surface area contributed by atoms with Gasteiger partial charge in [0.2, 0.25) is 6.04 Å². The molecule has 0 saturated heterocycles. The predicted octanol–water partition coefficient (Wildman–Crippen LogP) is 14.9. The lowest BCUT2D eigenvalue weighted by Gasteiger charge is -2.30. The second kappa shape index (κ2) is 32.6. The van der Waals surface area contributed by atoms with Crippen LogP contribution >= 0.6 is 34.8 Å². The molecule has 0 fully saturated rings. The van der Waals surface area contributed by atoms with Gasteiger partial charge in [0, 0.05) is 42.0 Å². The Morgan fingerprint density at radius 1 is 0.798 bits per heavy atom. The van der Waals surface area contributed by atoms with Crippen molar-refractivity contribution in [3.63, 3.8) is 0 Å². The number of hydrogen-bond donors (Lipinski definition) is 2. The summed E-state index contributed by atoms with van der Waals surface area (Å²) in [6, 6.07) is 27.7. The second-order valence-corrected chi connectivity index (χ2v) is 21.1. The van der Waals surface area contributed by atoms with E-state index in [-0.39, 0.29) is 61.1 Å². The Labute approximate surface area is 506 Å². The minimum absolute atomic E-state index is 0.00846. The van der Waals surface area contributed by atoms with Gasteiger partial charge in [-0.25, -0.2) is 4.85 Å². The van der Waals surface area contributed by atoms with Crippen LogP contribution in [0, 0.1) is 19.7 Å². The highest BCUT2D eigenvalue weighted by atomic mass is 35.5. The molecule has 6 rings (SSSR count). The lowest BCUT2D eigenvalue weighted by molar-refractivity contribution is -0.138. The average molecular weight is 1200 g/mol. The number of esters is 1. The Hall–Kier alpha value is -8.99. The van der Waals surface area contributed by atoms with Crippen LogP contribution in [0.5, 0.6) is 17.2 Å². The summed E-state index contributed by atoms with van der Waals surface area (Å²) < 4.78 is 21.2. The summed E-state index contributed by atoms with van der Waals surface area (Å²) in [6.45, 7) is 35.1. The van der Waals surface area contributed by atoms with Gasteiger partial charge >= 0.3 is 11.8 Å². The zero-order valence-electron chi connectivity index (χ0n) is 48.7. The van der Waals surface area contributed by atoms with Crippen LogP contribution in [0.15, 0.2) is 148 Å². The van der Waals surface area contributed by atoms with Crippen molar-refractivity contribution in [3.8, 4) is 17.2 Å². The molecule has 84 heavy (non-hydrogen) atoms. The number of carbonyl (C=O) groups excluding carboxylic acids is 4. The Morgan fingerprint density at radius 2 is 1.42 bits per heavy atom. The third kappa shape index (κ3) is 19.9. The zero-order valence-corrected chi connectivity index (χ0v) is 51.0. The highest BCUT2D eigenvalue weighted by Crippen LogP contribution is 2.40. The summed E-state index contributed by atoms with van der Waals surface area (Å²) in [4.78, 5) is 63.0. The number of anilines is 2. The number of rotatable bonds is 20. The molecule has 0 spiro atoms. The Bertz CT molecular complexity index is 3390. The molecule has 1 heterocycles. The van der Waals surface area contributed by atoms with E-state index in [4.69, 9.17) is 73.5 Å². The largest absolute Gasteiger partial charge is 0.519 e. The van der Waals surface area contributed by atoms with E-state index in [0.29, 0.717) is 29.5 Å². The van der Waals surface area contributed by atoms with E-state index < -0.39 is 29.7 Å². The normalized spacial score (nSPS) is 12.9. The van der Waals surface area contributed by atoms with E-state index >= 15 is 0 Å². The summed E-state index contributed by atoms with van der Waals surface area (Å²) in [6.07, 6.45) is 9.03. The van der Waals surface area contributed by atoms with Crippen molar-refractivity contribution in [2.24, 2.45) is 15.3 Å². The molecule has 0 saturated carbocycles. The van der Waals surface area contributed by atoms with Crippen molar-refractivity contribution in [2.45, 2.75) is 84.6 Å². The number of azo groups is 1. The van der Waals surface area contributed by atoms with Gasteiger partial charge in [-0.2, -0.15) is 24.9 Å². The molecular formula is C63H67Cl3N10O8. The molecule has 0 aliphatic carbocycles. The van der Waals surface area contributed by atoms with Crippen molar-refractivity contribution in [1.82, 2.24) is 10.2 Å². The molecule has 1 unspecified atom stereocenters. The average Bonchev–Trinajstić information content (AvgIpc) is 3.32. The van der Waals surface area contributed by atoms with Crippen molar-refractivity contribution < 1.29 is 38.1 Å². The quantitative estimate of drug-likeness (QED) is 0.0251. The van der Waals surface area contributed by atoms with E-state index in [1.807, 2.05) is 32.0 Å². The highest BCUT2D eigenvalue weighted by Gasteiger charge is 2.40. The van der Waals surface area contributed by atoms with Crippen LogP contribution < -0.4 is 29.9 Å². The summed E-state index contributed by atoms with van der Waals surface area (Å²) in [5.74, 6) is -0.346. The molecule has 0 aromatic heterocycles. The maximum atomic E-state index is 13.7. The molecule has 0 radical (unpaired) electrons. The monoisotopic (exact) mass is 1200 g/mol. The maximum absolute atomic E-state index is 13.7. The minimum Gasteiger partial charge on any atom is -0.497 e. The van der Waals surface area contributed by atoms with Gasteiger partial charge in [0.1, 0.15) is 36.1 Å². The summed E-state index contributed by atoms with van der Waals surface area (Å²) >= 11 is 19.0. The summed E-state index contributed by atoms with van der Waals surface area (Å²) in [5.41, 5.74) is 3.81. The van der Waals surface area contributed by atoms with Gasteiger partial charge in [-0.15, -0.1) is 5.10 Å². The molecule has 21 heteroatoms. The van der Waals surface area contributed by atoms with Crippen molar-refractivity contribution in [3.05, 3.63) is 205 Å². The number of halogens is 3. The lowest BCUT2D eigenvalue weighted by Crippen LogP contribution is -2.39. The Morgan fingerprint density at radius 3 is 1.98 bits per heavy atom. The van der Waals surface area contributed by atoms with E-state index in [2.05, 4.69) is 94.2 Å². The third-order valence-corrected chi connectivity index (χ3v) is 13.6. The van der Waals surface area contributed by atoms with Gasteiger partial charge in [-0.1, -0.05) is 114 Å². The number of amidine groups is 1. The number of benzene rings is 5. The van der Waals surface area contributed by atoms with Gasteiger partial charge in [0.05, 0.1) is 43.1 Å². The van der Waals surface area contributed by atoms with Crippen LogP contribution in [0.1, 0.15) is 94.8 Å². The molecule has 3 amide bonds. The van der Waals surface area contributed by atoms with Crippen molar-refractivity contribution in [2.75, 3.05) is 51.9 Å². The maximum Gasteiger partial charge on any atom is 0.519 e. The number of amides is 3.